The first-order valence-corrected chi connectivity index (χ1v) is 3.27. The van der Waals surface area contributed by atoms with Crippen molar-refractivity contribution < 1.29 is 27.4 Å². The second kappa shape index (κ2) is 4.43. The Morgan fingerprint density at radius 1 is 1.38 bits per heavy atom. The first kappa shape index (κ1) is 12.2. The molecule has 0 aromatic rings. The molecule has 13 heavy (non-hydrogen) atoms. The fourth-order valence-electron chi connectivity index (χ4n) is 0.677. The smallest absolute Gasteiger partial charge is 0.406 e. The topological polar surface area (TPSA) is 61.5 Å². The molecular formula is C6H10F3NO3. The minimum atomic E-state index is -4.69. The van der Waals surface area contributed by atoms with Crippen LogP contribution < -0.4 is 5.73 Å². The molecule has 0 aromatic heterocycles. The fraction of sp³-hybridized carbons (Fsp3) is 0.833. The molecule has 0 amide bonds. The van der Waals surface area contributed by atoms with Crippen LogP contribution >= 0.6 is 0 Å². The molecule has 0 aliphatic rings. The van der Waals surface area contributed by atoms with Crippen molar-refractivity contribution in [1.29, 1.82) is 0 Å². The van der Waals surface area contributed by atoms with Gasteiger partial charge in [0, 0.05) is 7.11 Å². The number of rotatable bonds is 3. The molecule has 0 fully saturated rings. The number of ether oxygens (including phenoxy) is 2. The van der Waals surface area contributed by atoms with Crippen molar-refractivity contribution in [3.05, 3.63) is 0 Å². The van der Waals surface area contributed by atoms with Crippen molar-refractivity contribution in [1.82, 2.24) is 0 Å². The van der Waals surface area contributed by atoms with Gasteiger partial charge in [-0.25, -0.2) is 4.79 Å². The van der Waals surface area contributed by atoms with Crippen LogP contribution in [-0.2, 0) is 14.3 Å². The van der Waals surface area contributed by atoms with Crippen LogP contribution in [0, 0.1) is 0 Å². The number of halogens is 3. The number of esters is 1. The average Bonchev–Trinajstić information content (AvgIpc) is 2.03. The molecule has 0 spiro atoms. The monoisotopic (exact) mass is 201 g/mol. The van der Waals surface area contributed by atoms with Crippen molar-refractivity contribution in [3.8, 4) is 0 Å². The van der Waals surface area contributed by atoms with Gasteiger partial charge >= 0.3 is 12.1 Å². The summed E-state index contributed by atoms with van der Waals surface area (Å²) in [5, 5.41) is 0. The summed E-state index contributed by atoms with van der Waals surface area (Å²) < 4.78 is 44.3. The molecule has 78 valence electrons. The second-order valence-electron chi connectivity index (χ2n) is 2.25. The Kier molecular flexibility index (Phi) is 4.15. The summed E-state index contributed by atoms with van der Waals surface area (Å²) in [4.78, 5) is 10.7. The standard InChI is InChI=1S/C6H10F3NO3/c1-12-3(5(11)13-2)4(10)6(7,8)9/h3-4H,10H2,1-2H3/t3-,4-/m0/s1. The lowest BCUT2D eigenvalue weighted by molar-refractivity contribution is -0.188. The van der Waals surface area contributed by atoms with Gasteiger partial charge in [-0.1, -0.05) is 0 Å². The Balaban J connectivity index is 4.50. The third-order valence-corrected chi connectivity index (χ3v) is 1.39. The fourth-order valence-corrected chi connectivity index (χ4v) is 0.677. The maximum atomic E-state index is 12.0. The maximum Gasteiger partial charge on any atom is 0.406 e. The van der Waals surface area contributed by atoms with Crippen LogP contribution in [0.3, 0.4) is 0 Å². The van der Waals surface area contributed by atoms with E-state index in [0.717, 1.165) is 14.2 Å². The molecule has 0 aliphatic carbocycles. The molecule has 7 heteroatoms. The van der Waals surface area contributed by atoms with E-state index < -0.39 is 24.3 Å². The Labute approximate surface area is 72.8 Å². The Bertz CT molecular complexity index is 182. The van der Waals surface area contributed by atoms with Gasteiger partial charge in [0.05, 0.1) is 7.11 Å². The molecule has 0 saturated heterocycles. The molecule has 0 rings (SSSR count). The SMILES string of the molecule is COC(=O)[C@@H](OC)[C@H](N)C(F)(F)F. The second-order valence-corrected chi connectivity index (χ2v) is 2.25. The molecule has 2 N–H and O–H groups in total. The Hall–Kier alpha value is -0.820. The molecule has 2 atom stereocenters. The number of carbonyl (C=O) groups is 1. The van der Waals surface area contributed by atoms with E-state index in [9.17, 15) is 18.0 Å². The number of nitrogens with two attached hydrogens (primary N) is 1. The lowest BCUT2D eigenvalue weighted by Crippen LogP contribution is -2.51. The van der Waals surface area contributed by atoms with Crippen molar-refractivity contribution in [2.75, 3.05) is 14.2 Å². The lowest BCUT2D eigenvalue weighted by Gasteiger charge is -2.22. The summed E-state index contributed by atoms with van der Waals surface area (Å²) in [6.07, 6.45) is -6.50. The summed E-state index contributed by atoms with van der Waals surface area (Å²) >= 11 is 0. The molecule has 0 heterocycles. The lowest BCUT2D eigenvalue weighted by atomic mass is 10.1. The molecule has 0 aromatic carbocycles. The van der Waals surface area contributed by atoms with E-state index in [1.807, 2.05) is 0 Å². The van der Waals surface area contributed by atoms with Gasteiger partial charge in [-0.3, -0.25) is 0 Å². The van der Waals surface area contributed by atoms with E-state index in [1.54, 1.807) is 0 Å². The van der Waals surface area contributed by atoms with E-state index in [4.69, 9.17) is 5.73 Å². The minimum Gasteiger partial charge on any atom is -0.467 e. The highest BCUT2D eigenvalue weighted by atomic mass is 19.4. The van der Waals surface area contributed by atoms with Gasteiger partial charge in [0.1, 0.15) is 6.04 Å². The molecule has 0 unspecified atom stereocenters. The average molecular weight is 201 g/mol. The predicted molar refractivity (Wildman–Crippen MR) is 36.8 cm³/mol. The largest absolute Gasteiger partial charge is 0.467 e. The van der Waals surface area contributed by atoms with Crippen LogP contribution in [-0.4, -0.2) is 38.5 Å². The Morgan fingerprint density at radius 3 is 2.08 bits per heavy atom. The van der Waals surface area contributed by atoms with Gasteiger partial charge in [-0.2, -0.15) is 13.2 Å². The summed E-state index contributed by atoms with van der Waals surface area (Å²) in [6, 6.07) is -2.37. The van der Waals surface area contributed by atoms with Gasteiger partial charge in [0.2, 0.25) is 0 Å². The van der Waals surface area contributed by atoms with Gasteiger partial charge in [-0.05, 0) is 0 Å². The van der Waals surface area contributed by atoms with Crippen LogP contribution in [0.2, 0.25) is 0 Å². The highest BCUT2D eigenvalue weighted by molar-refractivity contribution is 5.75. The van der Waals surface area contributed by atoms with Gasteiger partial charge in [0.25, 0.3) is 0 Å². The third-order valence-electron chi connectivity index (χ3n) is 1.39. The molecule has 4 nitrogen and oxygen atoms in total. The summed E-state index contributed by atoms with van der Waals surface area (Å²) in [7, 11) is 1.91. The highest BCUT2D eigenvalue weighted by Crippen LogP contribution is 2.22. The number of hydrogen-bond donors (Lipinski definition) is 1. The Morgan fingerprint density at radius 2 is 1.85 bits per heavy atom. The quantitative estimate of drug-likeness (QED) is 0.656. The van der Waals surface area contributed by atoms with Crippen molar-refractivity contribution in [2.24, 2.45) is 5.73 Å². The number of hydrogen-bond acceptors (Lipinski definition) is 4. The van der Waals surface area contributed by atoms with E-state index in [0.29, 0.717) is 0 Å². The van der Waals surface area contributed by atoms with Crippen molar-refractivity contribution in [3.63, 3.8) is 0 Å². The van der Waals surface area contributed by atoms with E-state index >= 15 is 0 Å². The number of alkyl halides is 3. The van der Waals surface area contributed by atoms with Gasteiger partial charge in [0.15, 0.2) is 6.10 Å². The predicted octanol–water partition coefficient (Wildman–Crippen LogP) is 0.0640. The van der Waals surface area contributed by atoms with Gasteiger partial charge in [-0.15, -0.1) is 0 Å². The molecule has 0 aliphatic heterocycles. The van der Waals surface area contributed by atoms with Crippen LogP contribution in [0.25, 0.3) is 0 Å². The third kappa shape index (κ3) is 3.19. The van der Waals surface area contributed by atoms with Gasteiger partial charge < -0.3 is 15.2 Å². The summed E-state index contributed by atoms with van der Waals surface area (Å²) in [5.74, 6) is -1.15. The normalized spacial score (nSPS) is 16.5. The van der Waals surface area contributed by atoms with Crippen LogP contribution in [0.4, 0.5) is 13.2 Å². The maximum absolute atomic E-state index is 12.0. The van der Waals surface area contributed by atoms with E-state index in [2.05, 4.69) is 9.47 Å². The van der Waals surface area contributed by atoms with Crippen molar-refractivity contribution >= 4 is 5.97 Å². The first-order valence-electron chi connectivity index (χ1n) is 3.27. The number of carbonyl (C=O) groups excluding carboxylic acids is 1. The summed E-state index contributed by atoms with van der Waals surface area (Å²) in [5.41, 5.74) is 4.73. The highest BCUT2D eigenvalue weighted by Gasteiger charge is 2.45. The zero-order chi connectivity index (χ0) is 10.6. The number of methoxy groups -OCH3 is 2. The van der Waals surface area contributed by atoms with Crippen molar-refractivity contribution in [2.45, 2.75) is 18.3 Å². The zero-order valence-electron chi connectivity index (χ0n) is 7.09. The summed E-state index contributed by atoms with van der Waals surface area (Å²) in [6.45, 7) is 0. The van der Waals surface area contributed by atoms with Crippen LogP contribution in [0.5, 0.6) is 0 Å². The minimum absolute atomic E-state index is 0.952. The van der Waals surface area contributed by atoms with E-state index in [1.165, 1.54) is 0 Å². The molecule has 0 bridgehead atoms. The zero-order valence-corrected chi connectivity index (χ0v) is 7.09. The molecular weight excluding hydrogens is 191 g/mol. The van der Waals surface area contributed by atoms with E-state index in [-0.39, 0.29) is 0 Å². The van der Waals surface area contributed by atoms with Crippen LogP contribution in [0.1, 0.15) is 0 Å². The molecule has 0 radical (unpaired) electrons. The van der Waals surface area contributed by atoms with Crippen LogP contribution in [0.15, 0.2) is 0 Å². The first-order chi connectivity index (χ1) is 5.84. The molecule has 0 saturated carbocycles.